The van der Waals surface area contributed by atoms with Crippen molar-refractivity contribution in [2.75, 3.05) is 6.61 Å². The molecule has 2 aromatic rings. The summed E-state index contributed by atoms with van der Waals surface area (Å²) in [4.78, 5) is 31.7. The molecule has 1 fully saturated rings. The summed E-state index contributed by atoms with van der Waals surface area (Å²) in [6.45, 7) is 3.87. The third-order valence-electron chi connectivity index (χ3n) is 4.25. The fraction of sp³-hybridized carbons (Fsp3) is 0.471. The smallest absolute Gasteiger partial charge is 0.358 e. The Hall–Kier alpha value is -1.73. The number of thiophene rings is 1. The predicted octanol–water partition coefficient (Wildman–Crippen LogP) is 3.82. The van der Waals surface area contributed by atoms with E-state index in [1.807, 2.05) is 36.3 Å². The highest BCUT2D eigenvalue weighted by Gasteiger charge is 2.29. The number of aromatic nitrogens is 1. The van der Waals surface area contributed by atoms with E-state index in [0.29, 0.717) is 0 Å². The van der Waals surface area contributed by atoms with Crippen LogP contribution in [0.15, 0.2) is 22.9 Å². The highest BCUT2D eigenvalue weighted by Crippen LogP contribution is 2.28. The van der Waals surface area contributed by atoms with E-state index in [0.717, 1.165) is 29.1 Å². The molecule has 0 radical (unpaired) electrons. The van der Waals surface area contributed by atoms with Crippen LogP contribution in [0.2, 0.25) is 0 Å². The molecule has 3 rings (SSSR count). The van der Waals surface area contributed by atoms with Crippen LogP contribution in [-0.4, -0.2) is 40.5 Å². The highest BCUT2D eigenvalue weighted by molar-refractivity contribution is 7.20. The van der Waals surface area contributed by atoms with Crippen LogP contribution in [0, 0.1) is 0 Å². The summed E-state index contributed by atoms with van der Waals surface area (Å²) < 4.78 is 5.19. The van der Waals surface area contributed by atoms with Crippen LogP contribution in [0.25, 0.3) is 9.88 Å². The average molecular weight is 364 g/mol. The van der Waals surface area contributed by atoms with Gasteiger partial charge >= 0.3 is 5.97 Å². The number of piperidine rings is 1. The van der Waals surface area contributed by atoms with Crippen molar-refractivity contribution >= 4 is 34.6 Å². The van der Waals surface area contributed by atoms with E-state index in [-0.39, 0.29) is 30.3 Å². The lowest BCUT2D eigenvalue weighted by molar-refractivity contribution is -0.140. The lowest BCUT2D eigenvalue weighted by Crippen LogP contribution is -2.49. The second-order valence-corrected chi connectivity index (χ2v) is 7.83. The van der Waals surface area contributed by atoms with Gasteiger partial charge < -0.3 is 9.64 Å². The molecule has 1 amide bonds. The highest BCUT2D eigenvalue weighted by atomic mass is 32.1. The summed E-state index contributed by atoms with van der Waals surface area (Å²) >= 11 is 2.98. The van der Waals surface area contributed by atoms with Crippen LogP contribution in [0.4, 0.5) is 0 Å². The Morgan fingerprint density at radius 3 is 2.71 bits per heavy atom. The first-order chi connectivity index (χ1) is 11.6. The summed E-state index contributed by atoms with van der Waals surface area (Å²) in [5.41, 5.74) is 0.260. The van der Waals surface area contributed by atoms with Crippen molar-refractivity contribution in [3.8, 4) is 9.88 Å². The summed E-state index contributed by atoms with van der Waals surface area (Å²) in [6, 6.07) is 4.30. The van der Waals surface area contributed by atoms with E-state index in [2.05, 4.69) is 4.98 Å². The lowest BCUT2D eigenvalue weighted by atomic mass is 9.97. The van der Waals surface area contributed by atoms with E-state index in [4.69, 9.17) is 4.74 Å². The van der Waals surface area contributed by atoms with E-state index >= 15 is 0 Å². The van der Waals surface area contributed by atoms with Crippen molar-refractivity contribution in [3.63, 3.8) is 0 Å². The fourth-order valence-electron chi connectivity index (χ4n) is 3.07. The van der Waals surface area contributed by atoms with Gasteiger partial charge in [-0.1, -0.05) is 6.07 Å². The standard InChI is InChI=1S/C17H20N2O3S2/c1-11-5-3-6-12(2)19(11)15(20)9-22-17(21)13-10-24-16(18-13)14-7-4-8-23-14/h4,7-8,10-12H,3,5-6,9H2,1-2H3/t11-,12+. The Bertz CT molecular complexity index is 701. The Morgan fingerprint density at radius 2 is 2.04 bits per heavy atom. The first-order valence-corrected chi connectivity index (χ1v) is 9.80. The van der Waals surface area contributed by atoms with Crippen LogP contribution in [0.5, 0.6) is 0 Å². The fourth-order valence-corrected chi connectivity index (χ4v) is 4.67. The Labute approximate surface area is 149 Å². The summed E-state index contributed by atoms with van der Waals surface area (Å²) in [7, 11) is 0. The molecule has 2 atom stereocenters. The topological polar surface area (TPSA) is 59.5 Å². The molecule has 7 heteroatoms. The van der Waals surface area contributed by atoms with Gasteiger partial charge in [-0.3, -0.25) is 4.79 Å². The van der Waals surface area contributed by atoms with Crippen molar-refractivity contribution in [2.45, 2.75) is 45.2 Å². The van der Waals surface area contributed by atoms with Crippen LogP contribution >= 0.6 is 22.7 Å². The molecule has 0 saturated carbocycles. The van der Waals surface area contributed by atoms with Gasteiger partial charge in [0.05, 0.1) is 4.88 Å². The molecule has 1 aliphatic heterocycles. The molecule has 0 aliphatic carbocycles. The second kappa shape index (κ2) is 7.44. The zero-order valence-corrected chi connectivity index (χ0v) is 15.4. The van der Waals surface area contributed by atoms with E-state index < -0.39 is 5.97 Å². The van der Waals surface area contributed by atoms with Crippen LogP contribution in [0.1, 0.15) is 43.6 Å². The van der Waals surface area contributed by atoms with Gasteiger partial charge in [0.1, 0.15) is 5.01 Å². The number of hydrogen-bond donors (Lipinski definition) is 0. The first kappa shape index (κ1) is 17.1. The van der Waals surface area contributed by atoms with Gasteiger partial charge in [0.15, 0.2) is 12.3 Å². The predicted molar refractivity (Wildman–Crippen MR) is 95.3 cm³/mol. The number of carbonyl (C=O) groups excluding carboxylic acids is 2. The van der Waals surface area contributed by atoms with Crippen molar-refractivity contribution in [2.24, 2.45) is 0 Å². The van der Waals surface area contributed by atoms with Crippen molar-refractivity contribution in [1.82, 2.24) is 9.88 Å². The molecule has 0 bridgehead atoms. The van der Waals surface area contributed by atoms with Gasteiger partial charge in [-0.2, -0.15) is 0 Å². The van der Waals surface area contributed by atoms with Crippen molar-refractivity contribution < 1.29 is 14.3 Å². The second-order valence-electron chi connectivity index (χ2n) is 6.02. The summed E-state index contributed by atoms with van der Waals surface area (Å²) in [5, 5.41) is 4.43. The number of hydrogen-bond acceptors (Lipinski definition) is 6. The largest absolute Gasteiger partial charge is 0.451 e. The maximum Gasteiger partial charge on any atom is 0.358 e. The SMILES string of the molecule is C[C@@H]1CCC[C@H](C)N1C(=O)COC(=O)c1csc(-c2cccs2)n1. The van der Waals surface area contributed by atoms with Gasteiger partial charge in [-0.05, 0) is 44.6 Å². The number of esters is 1. The molecule has 2 aromatic heterocycles. The minimum Gasteiger partial charge on any atom is -0.451 e. The zero-order chi connectivity index (χ0) is 17.1. The molecule has 5 nitrogen and oxygen atoms in total. The molecule has 0 unspecified atom stereocenters. The van der Waals surface area contributed by atoms with Gasteiger partial charge in [0, 0.05) is 17.5 Å². The van der Waals surface area contributed by atoms with E-state index in [1.165, 1.54) is 11.3 Å². The van der Waals surface area contributed by atoms with E-state index in [1.54, 1.807) is 16.7 Å². The Kier molecular flexibility index (Phi) is 5.30. The average Bonchev–Trinajstić information content (AvgIpc) is 3.23. The third kappa shape index (κ3) is 3.67. The molecule has 3 heterocycles. The lowest BCUT2D eigenvalue weighted by Gasteiger charge is -2.38. The molecule has 1 saturated heterocycles. The minimum atomic E-state index is -0.542. The Morgan fingerprint density at radius 1 is 1.29 bits per heavy atom. The summed E-state index contributed by atoms with van der Waals surface area (Å²) in [6.07, 6.45) is 3.14. The Balaban J connectivity index is 1.58. The molecular weight excluding hydrogens is 344 g/mol. The van der Waals surface area contributed by atoms with Crippen LogP contribution in [-0.2, 0) is 9.53 Å². The number of rotatable bonds is 4. The minimum absolute atomic E-state index is 0.128. The molecular formula is C17H20N2O3S2. The maximum absolute atomic E-state index is 12.4. The monoisotopic (exact) mass is 364 g/mol. The molecule has 24 heavy (non-hydrogen) atoms. The zero-order valence-electron chi connectivity index (χ0n) is 13.7. The van der Waals surface area contributed by atoms with Gasteiger partial charge in [0.2, 0.25) is 0 Å². The van der Waals surface area contributed by atoms with Crippen molar-refractivity contribution in [3.05, 3.63) is 28.6 Å². The number of carbonyl (C=O) groups is 2. The van der Waals surface area contributed by atoms with Crippen molar-refractivity contribution in [1.29, 1.82) is 0 Å². The normalized spacial score (nSPS) is 20.8. The summed E-state index contributed by atoms with van der Waals surface area (Å²) in [5.74, 6) is -0.670. The maximum atomic E-state index is 12.4. The van der Waals surface area contributed by atoms with Gasteiger partial charge in [-0.15, -0.1) is 22.7 Å². The van der Waals surface area contributed by atoms with Crippen LogP contribution < -0.4 is 0 Å². The number of nitrogens with zero attached hydrogens (tertiary/aromatic N) is 2. The molecule has 0 aromatic carbocycles. The number of ether oxygens (including phenoxy) is 1. The third-order valence-corrected chi connectivity index (χ3v) is 6.13. The van der Waals surface area contributed by atoms with Gasteiger partial charge in [0.25, 0.3) is 5.91 Å². The van der Waals surface area contributed by atoms with Crippen LogP contribution in [0.3, 0.4) is 0 Å². The first-order valence-electron chi connectivity index (χ1n) is 8.04. The van der Waals surface area contributed by atoms with E-state index in [9.17, 15) is 9.59 Å². The molecule has 128 valence electrons. The quantitative estimate of drug-likeness (QED) is 0.774. The molecule has 1 aliphatic rings. The molecule has 0 N–H and O–H groups in total. The number of amides is 1. The number of likely N-dealkylation sites (tertiary alicyclic amines) is 1. The molecule has 0 spiro atoms. The van der Waals surface area contributed by atoms with Gasteiger partial charge in [-0.25, -0.2) is 9.78 Å². The number of thiazole rings is 1.